The summed E-state index contributed by atoms with van der Waals surface area (Å²) >= 11 is 0. The number of hydrogen-bond acceptors (Lipinski definition) is 3. The fourth-order valence-electron chi connectivity index (χ4n) is 3.04. The number of nitrogens with one attached hydrogen (secondary N) is 1. The summed E-state index contributed by atoms with van der Waals surface area (Å²) in [6.45, 7) is 8.53. The lowest BCUT2D eigenvalue weighted by Crippen LogP contribution is -2.28. The van der Waals surface area contributed by atoms with Crippen LogP contribution in [0.4, 0.5) is 0 Å². The van der Waals surface area contributed by atoms with Gasteiger partial charge in [0.05, 0.1) is 11.8 Å². The van der Waals surface area contributed by atoms with Crippen LogP contribution in [0.5, 0.6) is 5.75 Å². The smallest absolute Gasteiger partial charge is 0.123 e. The van der Waals surface area contributed by atoms with Crippen molar-refractivity contribution in [1.82, 2.24) is 10.3 Å². The third kappa shape index (κ3) is 4.50. The van der Waals surface area contributed by atoms with E-state index in [1.165, 1.54) is 19.3 Å². The van der Waals surface area contributed by atoms with E-state index >= 15 is 0 Å². The quantitative estimate of drug-likeness (QED) is 0.883. The minimum absolute atomic E-state index is 0.369. The molecule has 1 aromatic heterocycles. The molecule has 1 fully saturated rings. The molecular formula is C16H26N2O. The van der Waals surface area contributed by atoms with Gasteiger partial charge in [-0.1, -0.05) is 20.8 Å². The van der Waals surface area contributed by atoms with Crippen molar-refractivity contribution < 1.29 is 4.74 Å². The molecule has 0 radical (unpaired) electrons. The van der Waals surface area contributed by atoms with Crippen molar-refractivity contribution in [2.45, 2.75) is 52.7 Å². The Hall–Kier alpha value is -1.09. The average molecular weight is 262 g/mol. The number of aromatic nitrogens is 1. The first-order valence-electron chi connectivity index (χ1n) is 7.49. The third-order valence-electron chi connectivity index (χ3n) is 3.78. The van der Waals surface area contributed by atoms with Crippen molar-refractivity contribution in [1.29, 1.82) is 0 Å². The highest BCUT2D eigenvalue weighted by molar-refractivity contribution is 5.23. The normalized spacial score (nSPS) is 27.2. The largest absolute Gasteiger partial charge is 0.490 e. The van der Waals surface area contributed by atoms with E-state index in [4.69, 9.17) is 4.74 Å². The van der Waals surface area contributed by atoms with Gasteiger partial charge in [0.25, 0.3) is 0 Å². The van der Waals surface area contributed by atoms with Gasteiger partial charge in [0.1, 0.15) is 5.75 Å². The standard InChI is InChI=1S/C16H26N2O/c1-4-17-11-14-10-15(5-6-18-14)19-16-8-12(2)7-13(3)9-16/h5-6,10,12-13,16-17H,4,7-9,11H2,1-3H3. The van der Waals surface area contributed by atoms with Gasteiger partial charge in [-0.25, -0.2) is 0 Å². The lowest BCUT2D eigenvalue weighted by molar-refractivity contribution is 0.101. The lowest BCUT2D eigenvalue weighted by atomic mass is 9.82. The van der Waals surface area contributed by atoms with Crippen LogP contribution in [0.2, 0.25) is 0 Å². The van der Waals surface area contributed by atoms with Gasteiger partial charge in [0.15, 0.2) is 0 Å². The molecule has 1 heterocycles. The van der Waals surface area contributed by atoms with Crippen molar-refractivity contribution in [3.8, 4) is 5.75 Å². The van der Waals surface area contributed by atoms with Crippen LogP contribution in [0.25, 0.3) is 0 Å². The van der Waals surface area contributed by atoms with Gasteiger partial charge in [-0.3, -0.25) is 4.98 Å². The molecule has 0 bridgehead atoms. The molecule has 0 aliphatic heterocycles. The van der Waals surface area contributed by atoms with E-state index in [0.717, 1.165) is 36.4 Å². The van der Waals surface area contributed by atoms with E-state index < -0.39 is 0 Å². The molecule has 0 spiro atoms. The van der Waals surface area contributed by atoms with Gasteiger partial charge in [-0.05, 0) is 43.7 Å². The van der Waals surface area contributed by atoms with E-state index in [9.17, 15) is 0 Å². The van der Waals surface area contributed by atoms with Crippen molar-refractivity contribution in [3.05, 3.63) is 24.0 Å². The summed E-state index contributed by atoms with van der Waals surface area (Å²) in [5.41, 5.74) is 1.05. The summed E-state index contributed by atoms with van der Waals surface area (Å²) in [5.74, 6) is 2.52. The Bertz CT molecular complexity index is 384. The number of rotatable bonds is 5. The van der Waals surface area contributed by atoms with E-state index in [-0.39, 0.29) is 0 Å². The van der Waals surface area contributed by atoms with Gasteiger partial charge in [-0.15, -0.1) is 0 Å². The zero-order valence-electron chi connectivity index (χ0n) is 12.4. The Morgan fingerprint density at radius 2 is 2.00 bits per heavy atom. The number of pyridine rings is 1. The zero-order valence-corrected chi connectivity index (χ0v) is 12.4. The predicted molar refractivity (Wildman–Crippen MR) is 78.2 cm³/mol. The maximum Gasteiger partial charge on any atom is 0.123 e. The van der Waals surface area contributed by atoms with Crippen LogP contribution < -0.4 is 10.1 Å². The molecule has 106 valence electrons. The second-order valence-electron chi connectivity index (χ2n) is 5.92. The van der Waals surface area contributed by atoms with Crippen molar-refractivity contribution in [2.24, 2.45) is 11.8 Å². The van der Waals surface area contributed by atoms with Gasteiger partial charge in [-0.2, -0.15) is 0 Å². The molecule has 0 saturated heterocycles. The molecule has 0 amide bonds. The molecule has 2 unspecified atom stereocenters. The van der Waals surface area contributed by atoms with E-state index in [2.05, 4.69) is 37.1 Å². The Balaban J connectivity index is 1.94. The molecule has 3 heteroatoms. The molecule has 19 heavy (non-hydrogen) atoms. The van der Waals surface area contributed by atoms with Gasteiger partial charge in [0.2, 0.25) is 0 Å². The SMILES string of the molecule is CCNCc1cc(OC2CC(C)CC(C)C2)ccn1. The van der Waals surface area contributed by atoms with Crippen LogP contribution in [0, 0.1) is 11.8 Å². The molecule has 3 nitrogen and oxygen atoms in total. The second-order valence-corrected chi connectivity index (χ2v) is 5.92. The summed E-state index contributed by atoms with van der Waals surface area (Å²) in [4.78, 5) is 4.36. The number of ether oxygens (including phenoxy) is 1. The first-order valence-corrected chi connectivity index (χ1v) is 7.49. The molecule has 1 aliphatic rings. The highest BCUT2D eigenvalue weighted by Gasteiger charge is 2.25. The Kier molecular flexibility index (Phi) is 5.20. The monoisotopic (exact) mass is 262 g/mol. The molecule has 0 aromatic carbocycles. The van der Waals surface area contributed by atoms with Crippen LogP contribution in [-0.2, 0) is 6.54 Å². The van der Waals surface area contributed by atoms with Crippen LogP contribution >= 0.6 is 0 Å². The summed E-state index contributed by atoms with van der Waals surface area (Å²) in [6, 6.07) is 4.03. The highest BCUT2D eigenvalue weighted by Crippen LogP contribution is 2.31. The van der Waals surface area contributed by atoms with Gasteiger partial charge >= 0.3 is 0 Å². The van der Waals surface area contributed by atoms with E-state index in [0.29, 0.717) is 6.10 Å². The number of nitrogens with zero attached hydrogens (tertiary/aromatic N) is 1. The fourth-order valence-corrected chi connectivity index (χ4v) is 3.04. The Morgan fingerprint density at radius 3 is 2.68 bits per heavy atom. The van der Waals surface area contributed by atoms with Gasteiger partial charge in [0, 0.05) is 18.8 Å². The fraction of sp³-hybridized carbons (Fsp3) is 0.688. The summed E-state index contributed by atoms with van der Waals surface area (Å²) in [5, 5.41) is 3.29. The maximum atomic E-state index is 6.15. The van der Waals surface area contributed by atoms with Gasteiger partial charge < -0.3 is 10.1 Å². The minimum atomic E-state index is 0.369. The third-order valence-corrected chi connectivity index (χ3v) is 3.78. The molecule has 2 atom stereocenters. The van der Waals surface area contributed by atoms with E-state index in [1.54, 1.807) is 0 Å². The molecule has 1 saturated carbocycles. The Labute approximate surface area is 116 Å². The molecule has 1 aromatic rings. The maximum absolute atomic E-state index is 6.15. The van der Waals surface area contributed by atoms with Crippen LogP contribution in [-0.4, -0.2) is 17.6 Å². The summed E-state index contributed by atoms with van der Waals surface area (Å²) < 4.78 is 6.15. The first kappa shape index (κ1) is 14.3. The average Bonchev–Trinajstić information content (AvgIpc) is 2.35. The zero-order chi connectivity index (χ0) is 13.7. The van der Waals surface area contributed by atoms with E-state index in [1.807, 2.05) is 12.3 Å². The van der Waals surface area contributed by atoms with Crippen molar-refractivity contribution >= 4 is 0 Å². The van der Waals surface area contributed by atoms with Crippen LogP contribution in [0.3, 0.4) is 0 Å². The molecule has 1 N–H and O–H groups in total. The van der Waals surface area contributed by atoms with Crippen molar-refractivity contribution in [3.63, 3.8) is 0 Å². The molecule has 1 aliphatic carbocycles. The number of hydrogen-bond donors (Lipinski definition) is 1. The molecular weight excluding hydrogens is 236 g/mol. The van der Waals surface area contributed by atoms with Crippen LogP contribution in [0.15, 0.2) is 18.3 Å². The van der Waals surface area contributed by atoms with Crippen molar-refractivity contribution in [2.75, 3.05) is 6.54 Å². The summed E-state index contributed by atoms with van der Waals surface area (Å²) in [6.07, 6.45) is 5.90. The summed E-state index contributed by atoms with van der Waals surface area (Å²) in [7, 11) is 0. The molecule has 2 rings (SSSR count). The second kappa shape index (κ2) is 6.90. The topological polar surface area (TPSA) is 34.1 Å². The highest BCUT2D eigenvalue weighted by atomic mass is 16.5. The lowest BCUT2D eigenvalue weighted by Gasteiger charge is -2.31. The minimum Gasteiger partial charge on any atom is -0.490 e. The van der Waals surface area contributed by atoms with Crippen LogP contribution in [0.1, 0.15) is 45.7 Å². The predicted octanol–water partition coefficient (Wildman–Crippen LogP) is 3.39. The first-order chi connectivity index (χ1) is 9.17. The Morgan fingerprint density at radius 1 is 1.26 bits per heavy atom.